The molecule has 0 bridgehead atoms. The molecule has 0 radical (unpaired) electrons. The zero-order valence-corrected chi connectivity index (χ0v) is 19.3. The van der Waals surface area contributed by atoms with Gasteiger partial charge in [0.2, 0.25) is 0 Å². The highest BCUT2D eigenvalue weighted by molar-refractivity contribution is 5.94. The van der Waals surface area contributed by atoms with E-state index in [4.69, 9.17) is 4.74 Å². The first kappa shape index (κ1) is 25.3. The predicted molar refractivity (Wildman–Crippen MR) is 121 cm³/mol. The molecule has 0 saturated carbocycles. The second-order valence-corrected chi connectivity index (χ2v) is 8.17. The molecule has 0 aliphatic heterocycles. The fraction of sp³-hybridized carbons (Fsp3) is 0.591. The van der Waals surface area contributed by atoms with Crippen LogP contribution in [0, 0.1) is 0 Å². The van der Waals surface area contributed by atoms with Gasteiger partial charge >= 0.3 is 6.09 Å². The van der Waals surface area contributed by atoms with Crippen molar-refractivity contribution in [3.05, 3.63) is 35.4 Å². The maximum absolute atomic E-state index is 12.3. The lowest BCUT2D eigenvalue weighted by Gasteiger charge is -2.34. The van der Waals surface area contributed by atoms with Crippen molar-refractivity contribution < 1.29 is 14.3 Å². The molecule has 0 saturated heterocycles. The Morgan fingerprint density at radius 1 is 1.10 bits per heavy atom. The quantitative estimate of drug-likeness (QED) is 0.383. The Kier molecular flexibility index (Phi) is 9.62. The number of carbonyl (C=O) groups excluding carboxylic acids is 2. The summed E-state index contributed by atoms with van der Waals surface area (Å²) >= 11 is 0. The fourth-order valence-corrected chi connectivity index (χ4v) is 2.87. The maximum atomic E-state index is 12.3. The Morgan fingerprint density at radius 2 is 1.77 bits per heavy atom. The summed E-state index contributed by atoms with van der Waals surface area (Å²) in [6, 6.07) is 7.40. The van der Waals surface area contributed by atoms with E-state index in [-0.39, 0.29) is 5.91 Å². The van der Waals surface area contributed by atoms with Crippen LogP contribution in [0.2, 0.25) is 0 Å². The van der Waals surface area contributed by atoms with Crippen LogP contribution in [0.25, 0.3) is 0 Å². The van der Waals surface area contributed by atoms with Gasteiger partial charge < -0.3 is 26.0 Å². The Bertz CT molecular complexity index is 737. The Labute approximate surface area is 180 Å². The summed E-state index contributed by atoms with van der Waals surface area (Å²) in [6.07, 6.45) is 1.05. The molecule has 1 aromatic carbocycles. The summed E-state index contributed by atoms with van der Waals surface area (Å²) < 4.78 is 5.42. The molecule has 168 valence electrons. The van der Waals surface area contributed by atoms with Gasteiger partial charge in [0.05, 0.1) is 5.54 Å². The number of amides is 2. The molecule has 30 heavy (non-hydrogen) atoms. The molecular formula is C22H37N5O3. The lowest BCUT2D eigenvalue weighted by molar-refractivity contribution is 0.0448. The highest BCUT2D eigenvalue weighted by Crippen LogP contribution is 2.16. The van der Waals surface area contributed by atoms with Gasteiger partial charge in [0, 0.05) is 32.7 Å². The number of aliphatic imine (C=N–C) groups is 1. The minimum absolute atomic E-state index is 0.122. The van der Waals surface area contributed by atoms with E-state index in [1.54, 1.807) is 20.2 Å². The molecule has 0 aliphatic carbocycles. The first-order valence-corrected chi connectivity index (χ1v) is 10.3. The molecule has 8 nitrogen and oxygen atoms in total. The number of hydrogen-bond acceptors (Lipinski definition) is 4. The number of hydrogen-bond donors (Lipinski definition) is 4. The average molecular weight is 420 g/mol. The highest BCUT2D eigenvalue weighted by Gasteiger charge is 2.30. The molecule has 0 spiro atoms. The van der Waals surface area contributed by atoms with Crippen LogP contribution in [0.15, 0.2) is 29.3 Å². The van der Waals surface area contributed by atoms with Gasteiger partial charge in [-0.05, 0) is 51.3 Å². The predicted octanol–water partition coefficient (Wildman–Crippen LogP) is 2.79. The van der Waals surface area contributed by atoms with Crippen LogP contribution in [0.4, 0.5) is 4.79 Å². The van der Waals surface area contributed by atoms with E-state index in [0.717, 1.165) is 18.4 Å². The van der Waals surface area contributed by atoms with E-state index in [1.165, 1.54) is 0 Å². The van der Waals surface area contributed by atoms with E-state index in [2.05, 4.69) is 26.3 Å². The van der Waals surface area contributed by atoms with Crippen molar-refractivity contribution in [3.63, 3.8) is 0 Å². The summed E-state index contributed by atoms with van der Waals surface area (Å²) in [6.45, 7) is 10.6. The molecule has 0 aromatic heterocycles. The largest absolute Gasteiger partial charge is 0.444 e. The summed E-state index contributed by atoms with van der Waals surface area (Å²) in [5.41, 5.74) is 0.561. The van der Waals surface area contributed by atoms with Crippen LogP contribution in [0.3, 0.4) is 0 Å². The van der Waals surface area contributed by atoms with E-state index >= 15 is 0 Å². The standard InChI is InChI=1S/C22H37N5O3/c1-8-22(9-2,27-20(29)30-21(3,4)5)15-26-19(24-7)25-14-16-11-10-12-17(13-16)18(28)23-6/h10-13H,8-9,14-15H2,1-7H3,(H,23,28)(H,27,29)(H2,24,25,26). The Balaban J connectivity index is 2.72. The third-order valence-electron chi connectivity index (χ3n) is 4.81. The average Bonchev–Trinajstić information content (AvgIpc) is 2.71. The number of rotatable bonds is 8. The number of alkyl carbamates (subject to hydrolysis) is 1. The monoisotopic (exact) mass is 419 g/mol. The molecule has 1 aromatic rings. The maximum Gasteiger partial charge on any atom is 0.408 e. The summed E-state index contributed by atoms with van der Waals surface area (Å²) in [5.74, 6) is 0.487. The lowest BCUT2D eigenvalue weighted by Crippen LogP contribution is -2.57. The molecule has 0 aliphatic rings. The van der Waals surface area contributed by atoms with Crippen molar-refractivity contribution in [2.24, 2.45) is 4.99 Å². The molecule has 0 unspecified atom stereocenters. The van der Waals surface area contributed by atoms with Gasteiger partial charge in [-0.25, -0.2) is 4.79 Å². The highest BCUT2D eigenvalue weighted by atomic mass is 16.6. The van der Waals surface area contributed by atoms with E-state index in [9.17, 15) is 9.59 Å². The van der Waals surface area contributed by atoms with Crippen LogP contribution in [-0.4, -0.2) is 49.7 Å². The SMILES string of the molecule is CCC(CC)(CNC(=NC)NCc1cccc(C(=O)NC)c1)NC(=O)OC(C)(C)C. The molecule has 4 N–H and O–H groups in total. The van der Waals surface area contributed by atoms with E-state index in [1.807, 2.05) is 52.8 Å². The first-order chi connectivity index (χ1) is 14.1. The molecule has 1 rings (SSSR count). The molecule has 8 heteroatoms. The van der Waals surface area contributed by atoms with E-state index in [0.29, 0.717) is 24.6 Å². The Hall–Kier alpha value is -2.77. The summed E-state index contributed by atoms with van der Waals surface area (Å²) in [4.78, 5) is 28.3. The van der Waals surface area contributed by atoms with Crippen LogP contribution >= 0.6 is 0 Å². The van der Waals surface area contributed by atoms with Gasteiger partial charge in [0.15, 0.2) is 5.96 Å². The van der Waals surface area contributed by atoms with Gasteiger partial charge in [-0.15, -0.1) is 0 Å². The van der Waals surface area contributed by atoms with Crippen LogP contribution < -0.4 is 21.3 Å². The van der Waals surface area contributed by atoms with Gasteiger partial charge in [0.1, 0.15) is 5.60 Å². The number of nitrogens with zero attached hydrogens (tertiary/aromatic N) is 1. The van der Waals surface area contributed by atoms with Gasteiger partial charge in [-0.1, -0.05) is 26.0 Å². The van der Waals surface area contributed by atoms with Gasteiger partial charge in [-0.2, -0.15) is 0 Å². The zero-order valence-electron chi connectivity index (χ0n) is 19.3. The van der Waals surface area contributed by atoms with Crippen LogP contribution in [0.1, 0.15) is 63.4 Å². The molecule has 2 amide bonds. The number of carbonyl (C=O) groups is 2. The third kappa shape index (κ3) is 8.31. The van der Waals surface area contributed by atoms with E-state index < -0.39 is 17.2 Å². The first-order valence-electron chi connectivity index (χ1n) is 10.3. The molecule has 0 heterocycles. The van der Waals surface area contributed by atoms with Crippen molar-refractivity contribution in [2.45, 2.75) is 65.1 Å². The summed E-state index contributed by atoms with van der Waals surface area (Å²) in [5, 5.41) is 12.2. The molecule has 0 atom stereocenters. The van der Waals surface area contributed by atoms with Crippen LogP contribution in [0.5, 0.6) is 0 Å². The molecular weight excluding hydrogens is 382 g/mol. The topological polar surface area (TPSA) is 104 Å². The number of benzene rings is 1. The van der Waals surface area contributed by atoms with Gasteiger partial charge in [0.25, 0.3) is 5.91 Å². The van der Waals surface area contributed by atoms with Crippen molar-refractivity contribution in [1.82, 2.24) is 21.3 Å². The number of nitrogens with one attached hydrogen (secondary N) is 4. The lowest BCUT2D eigenvalue weighted by atomic mass is 9.93. The van der Waals surface area contributed by atoms with Crippen molar-refractivity contribution in [2.75, 3.05) is 20.6 Å². The normalized spacial score (nSPS) is 12.2. The zero-order chi connectivity index (χ0) is 22.8. The third-order valence-corrected chi connectivity index (χ3v) is 4.81. The number of guanidine groups is 1. The van der Waals surface area contributed by atoms with Crippen molar-refractivity contribution in [1.29, 1.82) is 0 Å². The second kappa shape index (κ2) is 11.4. The minimum atomic E-state index is -0.550. The fourth-order valence-electron chi connectivity index (χ4n) is 2.87. The van der Waals surface area contributed by atoms with Crippen LogP contribution in [-0.2, 0) is 11.3 Å². The van der Waals surface area contributed by atoms with Crippen molar-refractivity contribution >= 4 is 18.0 Å². The smallest absolute Gasteiger partial charge is 0.408 e. The van der Waals surface area contributed by atoms with Gasteiger partial charge in [-0.3, -0.25) is 9.79 Å². The molecule has 0 fully saturated rings. The van der Waals surface area contributed by atoms with Crippen molar-refractivity contribution in [3.8, 4) is 0 Å². The Morgan fingerprint density at radius 3 is 2.30 bits per heavy atom. The summed E-state index contributed by atoms with van der Waals surface area (Å²) in [7, 11) is 3.30. The minimum Gasteiger partial charge on any atom is -0.444 e. The second-order valence-electron chi connectivity index (χ2n) is 8.17. The number of ether oxygens (including phenoxy) is 1.